The van der Waals surface area contributed by atoms with Crippen molar-refractivity contribution in [2.75, 3.05) is 12.3 Å². The molecule has 2 heterocycles. The monoisotopic (exact) mass is 325 g/mol. The lowest BCUT2D eigenvalue weighted by atomic mass is 10.00. The molecule has 0 unspecified atom stereocenters. The van der Waals surface area contributed by atoms with Crippen molar-refractivity contribution in [3.63, 3.8) is 0 Å². The minimum atomic E-state index is -0.686. The molecule has 0 N–H and O–H groups in total. The molecule has 1 aliphatic heterocycles. The van der Waals surface area contributed by atoms with Gasteiger partial charge in [-0.3, -0.25) is 4.99 Å². The number of aryl methyl sites for hydroxylation is 1. The summed E-state index contributed by atoms with van der Waals surface area (Å²) in [6.07, 6.45) is 0. The molecule has 3 rings (SSSR count). The molecule has 1 aliphatic rings. The summed E-state index contributed by atoms with van der Waals surface area (Å²) in [4.78, 5) is 4.36. The van der Waals surface area contributed by atoms with Gasteiger partial charge in [-0.1, -0.05) is 17.7 Å². The summed E-state index contributed by atoms with van der Waals surface area (Å²) in [6.45, 7) is 2.39. The lowest BCUT2D eigenvalue weighted by Crippen LogP contribution is -2.07. The predicted octanol–water partition coefficient (Wildman–Crippen LogP) is 3.88. The lowest BCUT2D eigenvalue weighted by Gasteiger charge is -2.14. The number of thioether (sulfide) groups is 1. The third kappa shape index (κ3) is 2.53. The molecule has 0 saturated carbocycles. The van der Waals surface area contributed by atoms with Gasteiger partial charge < -0.3 is 0 Å². The standard InChI is InChI=1S/C14H10ClF2N3S/c1-7-10(14-18-5-6-21-14)12(13(15)20-19-7)11-8(16)3-2-4-9(11)17/h2-4H,5-6H2,1H3. The van der Waals surface area contributed by atoms with Gasteiger partial charge in [0.2, 0.25) is 0 Å². The van der Waals surface area contributed by atoms with Crippen LogP contribution < -0.4 is 0 Å². The zero-order chi connectivity index (χ0) is 15.0. The molecule has 21 heavy (non-hydrogen) atoms. The number of halogens is 3. The Hall–Kier alpha value is -1.53. The van der Waals surface area contributed by atoms with Gasteiger partial charge >= 0.3 is 0 Å². The molecular weight excluding hydrogens is 316 g/mol. The van der Waals surface area contributed by atoms with Crippen LogP contribution in [0.25, 0.3) is 11.1 Å². The molecule has 2 aromatic rings. The minimum absolute atomic E-state index is 0.0326. The fraction of sp³-hybridized carbons (Fsp3) is 0.214. The van der Waals surface area contributed by atoms with Crippen LogP contribution in [0.3, 0.4) is 0 Å². The summed E-state index contributed by atoms with van der Waals surface area (Å²) in [5, 5.41) is 8.40. The predicted molar refractivity (Wildman–Crippen MR) is 81.0 cm³/mol. The van der Waals surface area contributed by atoms with Crippen molar-refractivity contribution in [2.45, 2.75) is 6.92 Å². The van der Waals surface area contributed by atoms with E-state index in [9.17, 15) is 8.78 Å². The summed E-state index contributed by atoms with van der Waals surface area (Å²) in [6, 6.07) is 3.70. The Morgan fingerprint density at radius 2 is 1.81 bits per heavy atom. The first-order chi connectivity index (χ1) is 10.1. The number of hydrogen-bond donors (Lipinski definition) is 0. The molecule has 7 heteroatoms. The first-order valence-electron chi connectivity index (χ1n) is 6.24. The van der Waals surface area contributed by atoms with Crippen LogP contribution in [0.2, 0.25) is 5.15 Å². The van der Waals surface area contributed by atoms with Crippen LogP contribution in [0.1, 0.15) is 11.3 Å². The van der Waals surface area contributed by atoms with Crippen molar-refractivity contribution in [3.05, 3.63) is 46.2 Å². The van der Waals surface area contributed by atoms with Gasteiger partial charge in [0.05, 0.1) is 11.3 Å². The molecule has 0 bridgehead atoms. The molecule has 0 fully saturated rings. The number of benzene rings is 1. The number of rotatable bonds is 2. The summed E-state index contributed by atoms with van der Waals surface area (Å²) >= 11 is 7.60. The van der Waals surface area contributed by atoms with E-state index in [-0.39, 0.29) is 16.3 Å². The summed E-state index contributed by atoms with van der Waals surface area (Å²) < 4.78 is 28.2. The number of aromatic nitrogens is 2. The molecule has 0 atom stereocenters. The number of nitrogens with zero attached hydrogens (tertiary/aromatic N) is 3. The fourth-order valence-electron chi connectivity index (χ4n) is 2.22. The molecule has 0 amide bonds. The van der Waals surface area contributed by atoms with E-state index >= 15 is 0 Å². The van der Waals surface area contributed by atoms with E-state index < -0.39 is 11.6 Å². The maximum atomic E-state index is 14.1. The maximum Gasteiger partial charge on any atom is 0.160 e. The van der Waals surface area contributed by atoms with Gasteiger partial charge in [-0.05, 0) is 19.1 Å². The average molecular weight is 326 g/mol. The van der Waals surface area contributed by atoms with Crippen molar-refractivity contribution in [1.82, 2.24) is 10.2 Å². The van der Waals surface area contributed by atoms with Crippen LogP contribution in [0.15, 0.2) is 23.2 Å². The fourth-order valence-corrected chi connectivity index (χ4v) is 3.40. The second-order valence-electron chi connectivity index (χ2n) is 4.46. The van der Waals surface area contributed by atoms with Gasteiger partial charge in [0.1, 0.15) is 16.7 Å². The number of aliphatic imine (C=N–C) groups is 1. The van der Waals surface area contributed by atoms with Crippen LogP contribution in [0.5, 0.6) is 0 Å². The van der Waals surface area contributed by atoms with Crippen molar-refractivity contribution in [3.8, 4) is 11.1 Å². The van der Waals surface area contributed by atoms with Crippen LogP contribution >= 0.6 is 23.4 Å². The van der Waals surface area contributed by atoms with Gasteiger partial charge in [-0.25, -0.2) is 8.78 Å². The first kappa shape index (κ1) is 14.4. The Balaban J connectivity index is 2.34. The van der Waals surface area contributed by atoms with Crippen molar-refractivity contribution < 1.29 is 8.78 Å². The largest absolute Gasteiger partial charge is 0.277 e. The lowest BCUT2D eigenvalue weighted by molar-refractivity contribution is 0.589. The second kappa shape index (κ2) is 5.69. The topological polar surface area (TPSA) is 38.1 Å². The molecule has 0 aliphatic carbocycles. The SMILES string of the molecule is Cc1nnc(Cl)c(-c2c(F)cccc2F)c1C1=NCCS1. The average Bonchev–Trinajstić information content (AvgIpc) is 2.96. The first-order valence-corrected chi connectivity index (χ1v) is 7.60. The van der Waals surface area contributed by atoms with Gasteiger partial charge in [0.25, 0.3) is 0 Å². The highest BCUT2D eigenvalue weighted by Crippen LogP contribution is 2.37. The van der Waals surface area contributed by atoms with E-state index in [1.807, 2.05) is 0 Å². The molecule has 0 saturated heterocycles. The van der Waals surface area contributed by atoms with Crippen LogP contribution in [0, 0.1) is 18.6 Å². The Morgan fingerprint density at radius 3 is 2.43 bits per heavy atom. The van der Waals surface area contributed by atoms with Crippen molar-refractivity contribution >= 4 is 28.4 Å². The maximum absolute atomic E-state index is 14.1. The Bertz CT molecular complexity index is 729. The van der Waals surface area contributed by atoms with Gasteiger partial charge in [-0.2, -0.15) is 5.10 Å². The molecule has 108 valence electrons. The Morgan fingerprint density at radius 1 is 1.10 bits per heavy atom. The minimum Gasteiger partial charge on any atom is -0.277 e. The highest BCUT2D eigenvalue weighted by Gasteiger charge is 2.25. The normalized spacial score (nSPS) is 14.4. The molecule has 1 aromatic carbocycles. The van der Waals surface area contributed by atoms with Crippen LogP contribution in [-0.4, -0.2) is 27.5 Å². The zero-order valence-electron chi connectivity index (χ0n) is 11.0. The smallest absolute Gasteiger partial charge is 0.160 e. The summed E-state index contributed by atoms with van der Waals surface area (Å²) in [5.41, 5.74) is 1.13. The van der Waals surface area contributed by atoms with E-state index in [0.29, 0.717) is 22.8 Å². The highest BCUT2D eigenvalue weighted by atomic mass is 35.5. The summed E-state index contributed by atoms with van der Waals surface area (Å²) in [7, 11) is 0. The van der Waals surface area contributed by atoms with E-state index in [1.165, 1.54) is 30.0 Å². The third-order valence-corrected chi connectivity index (χ3v) is 4.38. The molecule has 1 aromatic heterocycles. The van der Waals surface area contributed by atoms with E-state index in [1.54, 1.807) is 6.92 Å². The van der Waals surface area contributed by atoms with Gasteiger partial charge in [0, 0.05) is 23.4 Å². The zero-order valence-corrected chi connectivity index (χ0v) is 12.6. The van der Waals surface area contributed by atoms with Crippen LogP contribution in [-0.2, 0) is 0 Å². The number of hydrogen-bond acceptors (Lipinski definition) is 4. The Kier molecular flexibility index (Phi) is 3.91. The Labute approximate surface area is 129 Å². The van der Waals surface area contributed by atoms with E-state index in [0.717, 1.165) is 5.75 Å². The molecular formula is C14H10ClF2N3S. The summed E-state index contributed by atoms with van der Waals surface area (Å²) in [5.74, 6) is -0.545. The molecule has 0 spiro atoms. The second-order valence-corrected chi connectivity index (χ2v) is 5.90. The van der Waals surface area contributed by atoms with E-state index in [2.05, 4.69) is 15.2 Å². The van der Waals surface area contributed by atoms with E-state index in [4.69, 9.17) is 11.6 Å². The molecule has 0 radical (unpaired) electrons. The third-order valence-electron chi connectivity index (χ3n) is 3.12. The van der Waals surface area contributed by atoms with Gasteiger partial charge in [-0.15, -0.1) is 16.9 Å². The van der Waals surface area contributed by atoms with Crippen LogP contribution in [0.4, 0.5) is 8.78 Å². The van der Waals surface area contributed by atoms with Gasteiger partial charge in [0.15, 0.2) is 5.15 Å². The quantitative estimate of drug-likeness (QED) is 0.841. The van der Waals surface area contributed by atoms with Crippen molar-refractivity contribution in [1.29, 1.82) is 0 Å². The molecule has 3 nitrogen and oxygen atoms in total. The highest BCUT2D eigenvalue weighted by molar-refractivity contribution is 8.14. The van der Waals surface area contributed by atoms with Crippen molar-refractivity contribution in [2.24, 2.45) is 4.99 Å².